The highest BCUT2D eigenvalue weighted by molar-refractivity contribution is 5.52. The van der Waals surface area contributed by atoms with Gasteiger partial charge in [0.15, 0.2) is 0 Å². The van der Waals surface area contributed by atoms with Gasteiger partial charge < -0.3 is 10.5 Å². The number of nitrogens with two attached hydrogens (primary N) is 1. The van der Waals surface area contributed by atoms with Gasteiger partial charge >= 0.3 is 0 Å². The van der Waals surface area contributed by atoms with Crippen LogP contribution < -0.4 is 10.5 Å². The zero-order valence-electron chi connectivity index (χ0n) is 9.61. The van der Waals surface area contributed by atoms with E-state index in [-0.39, 0.29) is 5.82 Å². The number of rotatable bonds is 3. The first-order valence-electron chi connectivity index (χ1n) is 5.38. The summed E-state index contributed by atoms with van der Waals surface area (Å²) in [6, 6.07) is 12.1. The fraction of sp³-hybridized carbons (Fsp3) is 0.143. The Morgan fingerprint density at radius 3 is 2.53 bits per heavy atom. The van der Waals surface area contributed by atoms with Gasteiger partial charge in [-0.3, -0.25) is 0 Å². The SMILES string of the molecule is Cc1ccc(COc2cc(F)ccc2N)cc1. The van der Waals surface area contributed by atoms with Crippen LogP contribution in [0.3, 0.4) is 0 Å². The van der Waals surface area contributed by atoms with E-state index >= 15 is 0 Å². The number of hydrogen-bond acceptors (Lipinski definition) is 2. The quantitative estimate of drug-likeness (QED) is 0.822. The third kappa shape index (κ3) is 2.97. The summed E-state index contributed by atoms with van der Waals surface area (Å²) >= 11 is 0. The molecule has 0 aliphatic rings. The Labute approximate surface area is 99.8 Å². The van der Waals surface area contributed by atoms with Gasteiger partial charge in [0.1, 0.15) is 18.2 Å². The summed E-state index contributed by atoms with van der Waals surface area (Å²) in [5.74, 6) is 0.0312. The Hall–Kier alpha value is -2.03. The molecule has 0 amide bonds. The van der Waals surface area contributed by atoms with E-state index < -0.39 is 0 Å². The molecular weight excluding hydrogens is 217 g/mol. The third-order valence-electron chi connectivity index (χ3n) is 2.49. The van der Waals surface area contributed by atoms with Crippen LogP contribution in [-0.4, -0.2) is 0 Å². The maximum absolute atomic E-state index is 13.0. The number of aryl methyl sites for hydroxylation is 1. The van der Waals surface area contributed by atoms with E-state index in [4.69, 9.17) is 10.5 Å². The molecule has 0 aliphatic heterocycles. The van der Waals surface area contributed by atoms with Crippen LogP contribution in [-0.2, 0) is 6.61 Å². The minimum absolute atomic E-state index is 0.349. The van der Waals surface area contributed by atoms with Crippen LogP contribution in [0.2, 0.25) is 0 Å². The molecular formula is C14H14FNO. The van der Waals surface area contributed by atoms with Crippen molar-refractivity contribution in [3.8, 4) is 5.75 Å². The molecule has 0 unspecified atom stereocenters. The molecule has 3 heteroatoms. The molecule has 0 saturated heterocycles. The second-order valence-corrected chi connectivity index (χ2v) is 3.96. The van der Waals surface area contributed by atoms with Crippen LogP contribution in [0.5, 0.6) is 5.75 Å². The topological polar surface area (TPSA) is 35.2 Å². The summed E-state index contributed by atoms with van der Waals surface area (Å²) in [4.78, 5) is 0. The van der Waals surface area contributed by atoms with Gasteiger partial charge in [0.05, 0.1) is 5.69 Å². The van der Waals surface area contributed by atoms with Gasteiger partial charge in [0.25, 0.3) is 0 Å². The lowest BCUT2D eigenvalue weighted by molar-refractivity contribution is 0.306. The minimum atomic E-state index is -0.349. The lowest BCUT2D eigenvalue weighted by Gasteiger charge is -2.09. The van der Waals surface area contributed by atoms with Gasteiger partial charge in [0.2, 0.25) is 0 Å². The molecule has 17 heavy (non-hydrogen) atoms. The summed E-state index contributed by atoms with van der Waals surface area (Å²) in [7, 11) is 0. The van der Waals surface area contributed by atoms with Gasteiger partial charge in [-0.25, -0.2) is 4.39 Å². The Morgan fingerprint density at radius 1 is 1.12 bits per heavy atom. The Morgan fingerprint density at radius 2 is 1.82 bits per heavy atom. The predicted octanol–water partition coefficient (Wildman–Crippen LogP) is 3.30. The summed E-state index contributed by atoms with van der Waals surface area (Å²) in [5.41, 5.74) is 8.35. The molecule has 0 radical (unpaired) electrons. The summed E-state index contributed by atoms with van der Waals surface area (Å²) < 4.78 is 18.5. The molecule has 2 aromatic rings. The summed E-state index contributed by atoms with van der Waals surface area (Å²) in [6.07, 6.45) is 0. The molecule has 0 spiro atoms. The molecule has 2 N–H and O–H groups in total. The molecule has 2 aromatic carbocycles. The van der Waals surface area contributed by atoms with Crippen molar-refractivity contribution in [1.82, 2.24) is 0 Å². The van der Waals surface area contributed by atoms with E-state index in [1.54, 1.807) is 0 Å². The zero-order valence-corrected chi connectivity index (χ0v) is 9.61. The van der Waals surface area contributed by atoms with Crippen LogP contribution >= 0.6 is 0 Å². The lowest BCUT2D eigenvalue weighted by Crippen LogP contribution is -1.99. The number of benzene rings is 2. The number of nitrogen functional groups attached to an aromatic ring is 1. The van der Waals surface area contributed by atoms with Crippen LogP contribution in [0.15, 0.2) is 42.5 Å². The van der Waals surface area contributed by atoms with Gasteiger partial charge in [-0.1, -0.05) is 29.8 Å². The van der Waals surface area contributed by atoms with Gasteiger partial charge in [-0.15, -0.1) is 0 Å². The number of halogens is 1. The van der Waals surface area contributed by atoms with Crippen molar-refractivity contribution in [2.75, 3.05) is 5.73 Å². The lowest BCUT2D eigenvalue weighted by atomic mass is 10.2. The summed E-state index contributed by atoms with van der Waals surface area (Å²) in [6.45, 7) is 2.41. The molecule has 0 saturated carbocycles. The maximum Gasteiger partial charge on any atom is 0.145 e. The maximum atomic E-state index is 13.0. The van der Waals surface area contributed by atoms with Gasteiger partial charge in [-0.05, 0) is 24.6 Å². The van der Waals surface area contributed by atoms with Crippen molar-refractivity contribution in [3.05, 3.63) is 59.4 Å². The monoisotopic (exact) mass is 231 g/mol. The van der Waals surface area contributed by atoms with E-state index in [2.05, 4.69) is 0 Å². The smallest absolute Gasteiger partial charge is 0.145 e. The summed E-state index contributed by atoms with van der Waals surface area (Å²) in [5, 5.41) is 0. The van der Waals surface area contributed by atoms with E-state index in [0.717, 1.165) is 5.56 Å². The number of ether oxygens (including phenoxy) is 1. The molecule has 0 bridgehead atoms. The van der Waals surface area contributed by atoms with E-state index in [9.17, 15) is 4.39 Å². The largest absolute Gasteiger partial charge is 0.487 e. The third-order valence-corrected chi connectivity index (χ3v) is 2.49. The minimum Gasteiger partial charge on any atom is -0.487 e. The van der Waals surface area contributed by atoms with Gasteiger partial charge in [-0.2, -0.15) is 0 Å². The standard InChI is InChI=1S/C14H14FNO/c1-10-2-4-11(5-3-10)9-17-14-8-12(15)6-7-13(14)16/h2-8H,9,16H2,1H3. The molecule has 0 fully saturated rings. The zero-order chi connectivity index (χ0) is 12.3. The molecule has 2 nitrogen and oxygen atoms in total. The van der Waals surface area contributed by atoms with E-state index in [0.29, 0.717) is 18.0 Å². The molecule has 2 rings (SSSR count). The van der Waals surface area contributed by atoms with Crippen molar-refractivity contribution in [2.24, 2.45) is 0 Å². The average molecular weight is 231 g/mol. The van der Waals surface area contributed by atoms with Crippen LogP contribution in [0.1, 0.15) is 11.1 Å². The second-order valence-electron chi connectivity index (χ2n) is 3.96. The molecule has 0 heterocycles. The molecule has 0 aliphatic carbocycles. The van der Waals surface area contributed by atoms with Crippen LogP contribution in [0, 0.1) is 12.7 Å². The fourth-order valence-electron chi connectivity index (χ4n) is 1.48. The fourth-order valence-corrected chi connectivity index (χ4v) is 1.48. The normalized spacial score (nSPS) is 10.2. The van der Waals surface area contributed by atoms with Crippen molar-refractivity contribution in [3.63, 3.8) is 0 Å². The molecule has 88 valence electrons. The molecule has 0 aromatic heterocycles. The Balaban J connectivity index is 2.07. The highest BCUT2D eigenvalue weighted by Gasteiger charge is 2.02. The highest BCUT2D eigenvalue weighted by Crippen LogP contribution is 2.23. The second kappa shape index (κ2) is 4.87. The first kappa shape index (κ1) is 11.5. The Kier molecular flexibility index (Phi) is 3.28. The predicted molar refractivity (Wildman–Crippen MR) is 66.3 cm³/mol. The number of anilines is 1. The van der Waals surface area contributed by atoms with Crippen molar-refractivity contribution >= 4 is 5.69 Å². The highest BCUT2D eigenvalue weighted by atomic mass is 19.1. The average Bonchev–Trinajstić information content (AvgIpc) is 2.32. The van der Waals surface area contributed by atoms with Gasteiger partial charge in [0, 0.05) is 6.07 Å². The van der Waals surface area contributed by atoms with Crippen LogP contribution in [0.4, 0.5) is 10.1 Å². The molecule has 0 atom stereocenters. The van der Waals surface area contributed by atoms with Crippen LogP contribution in [0.25, 0.3) is 0 Å². The van der Waals surface area contributed by atoms with E-state index in [1.165, 1.54) is 23.8 Å². The van der Waals surface area contributed by atoms with E-state index in [1.807, 2.05) is 31.2 Å². The van der Waals surface area contributed by atoms with Crippen molar-refractivity contribution < 1.29 is 9.13 Å². The van der Waals surface area contributed by atoms with Crippen molar-refractivity contribution in [2.45, 2.75) is 13.5 Å². The Bertz CT molecular complexity index is 508. The number of hydrogen-bond donors (Lipinski definition) is 1. The van der Waals surface area contributed by atoms with Crippen molar-refractivity contribution in [1.29, 1.82) is 0 Å². The first-order chi connectivity index (χ1) is 8.15. The first-order valence-corrected chi connectivity index (χ1v) is 5.38.